The maximum atomic E-state index is 12.5. The number of benzene rings is 1. The van der Waals surface area contributed by atoms with Crippen molar-refractivity contribution in [3.05, 3.63) is 75.8 Å². The van der Waals surface area contributed by atoms with Gasteiger partial charge >= 0.3 is 0 Å². The highest BCUT2D eigenvalue weighted by Gasteiger charge is 2.17. The van der Waals surface area contributed by atoms with Crippen LogP contribution in [0.2, 0.25) is 5.02 Å². The van der Waals surface area contributed by atoms with Gasteiger partial charge in [0.15, 0.2) is 0 Å². The van der Waals surface area contributed by atoms with Crippen molar-refractivity contribution in [2.75, 3.05) is 18.5 Å². The predicted octanol–water partition coefficient (Wildman–Crippen LogP) is 3.06. The molecule has 0 radical (unpaired) electrons. The summed E-state index contributed by atoms with van der Waals surface area (Å²) >= 11 is 6.27. The number of nitrogens with one attached hydrogen (secondary N) is 1. The zero-order chi connectivity index (χ0) is 19.3. The van der Waals surface area contributed by atoms with Crippen LogP contribution in [0.15, 0.2) is 59.7 Å². The molecule has 0 bridgehead atoms. The van der Waals surface area contributed by atoms with Crippen molar-refractivity contribution in [2.45, 2.75) is 19.1 Å². The Morgan fingerprint density at radius 2 is 2.14 bits per heavy atom. The minimum atomic E-state index is -0.377. The van der Waals surface area contributed by atoms with Crippen LogP contribution in [0.1, 0.15) is 12.0 Å². The van der Waals surface area contributed by atoms with Gasteiger partial charge in [-0.2, -0.15) is 9.78 Å². The van der Waals surface area contributed by atoms with Crippen molar-refractivity contribution in [1.82, 2.24) is 14.8 Å². The molecule has 0 aliphatic carbocycles. The van der Waals surface area contributed by atoms with Gasteiger partial charge in [-0.1, -0.05) is 29.8 Å². The zero-order valence-electron chi connectivity index (χ0n) is 15.0. The lowest BCUT2D eigenvalue weighted by Crippen LogP contribution is -2.22. The van der Waals surface area contributed by atoms with Crippen molar-refractivity contribution in [3.63, 3.8) is 0 Å². The fraction of sp³-hybridized carbons (Fsp3) is 0.250. The lowest BCUT2D eigenvalue weighted by molar-refractivity contribution is 0.138. The quantitative estimate of drug-likeness (QED) is 0.687. The van der Waals surface area contributed by atoms with E-state index >= 15 is 0 Å². The number of ether oxygens (including phenoxy) is 2. The molecule has 1 atom stereocenters. The molecule has 1 aromatic carbocycles. The second-order valence-corrected chi connectivity index (χ2v) is 6.76. The van der Waals surface area contributed by atoms with Crippen molar-refractivity contribution in [3.8, 4) is 11.6 Å². The Labute approximate surface area is 166 Å². The molecular formula is C20H19ClN4O3. The Hall–Kier alpha value is -2.90. The van der Waals surface area contributed by atoms with Gasteiger partial charge in [0.1, 0.15) is 11.1 Å². The standard InChI is InChI=1S/C20H19ClN4O3/c21-19-17(12-24-25(20(19)26)15-4-2-1-3-5-15)23-11-14-6-8-22-18(10-14)28-16-7-9-27-13-16/h1-6,8,10,12,16,23H,7,9,11,13H2. The highest BCUT2D eigenvalue weighted by Crippen LogP contribution is 2.19. The molecule has 0 amide bonds. The third kappa shape index (κ3) is 4.16. The number of para-hydroxylation sites is 1. The van der Waals surface area contributed by atoms with E-state index in [0.29, 0.717) is 37.0 Å². The molecule has 2 aromatic heterocycles. The van der Waals surface area contributed by atoms with Crippen molar-refractivity contribution < 1.29 is 9.47 Å². The van der Waals surface area contributed by atoms with Crippen LogP contribution in [-0.2, 0) is 11.3 Å². The van der Waals surface area contributed by atoms with Crippen LogP contribution in [0.3, 0.4) is 0 Å². The smallest absolute Gasteiger partial charge is 0.292 e. The Kier molecular flexibility index (Phi) is 5.55. The third-order valence-corrected chi connectivity index (χ3v) is 4.74. The monoisotopic (exact) mass is 398 g/mol. The average molecular weight is 399 g/mol. The van der Waals surface area contributed by atoms with Crippen LogP contribution in [-0.4, -0.2) is 34.1 Å². The topological polar surface area (TPSA) is 78.3 Å². The normalized spacial score (nSPS) is 16.1. The molecule has 3 heterocycles. The Morgan fingerprint density at radius 1 is 1.29 bits per heavy atom. The summed E-state index contributed by atoms with van der Waals surface area (Å²) in [5.74, 6) is 0.554. The number of halogens is 1. The molecule has 1 aliphatic rings. The SMILES string of the molecule is O=c1c(Cl)c(NCc2ccnc(OC3CCOC3)c2)cnn1-c1ccccc1. The molecule has 1 aliphatic heterocycles. The number of pyridine rings is 1. The first-order valence-corrected chi connectivity index (χ1v) is 9.35. The molecule has 8 heteroatoms. The summed E-state index contributed by atoms with van der Waals surface area (Å²) in [5.41, 5.74) is 1.71. The Morgan fingerprint density at radius 3 is 2.93 bits per heavy atom. The molecular weight excluding hydrogens is 380 g/mol. The summed E-state index contributed by atoms with van der Waals surface area (Å²) in [7, 11) is 0. The second kappa shape index (κ2) is 8.41. The van der Waals surface area contributed by atoms with Crippen LogP contribution in [0.25, 0.3) is 5.69 Å². The Balaban J connectivity index is 1.46. The highest BCUT2D eigenvalue weighted by atomic mass is 35.5. The van der Waals surface area contributed by atoms with Gasteiger partial charge in [0.2, 0.25) is 5.88 Å². The van der Waals surface area contributed by atoms with Crippen molar-refractivity contribution >= 4 is 17.3 Å². The largest absolute Gasteiger partial charge is 0.472 e. The van der Waals surface area contributed by atoms with Crippen LogP contribution in [0.5, 0.6) is 5.88 Å². The van der Waals surface area contributed by atoms with Crippen LogP contribution >= 0.6 is 11.6 Å². The summed E-state index contributed by atoms with van der Waals surface area (Å²) in [4.78, 5) is 16.8. The first-order chi connectivity index (χ1) is 13.7. The van der Waals surface area contributed by atoms with Gasteiger partial charge < -0.3 is 14.8 Å². The molecule has 144 valence electrons. The van der Waals surface area contributed by atoms with Gasteiger partial charge in [-0.05, 0) is 23.8 Å². The number of hydrogen-bond donors (Lipinski definition) is 1. The number of nitrogens with zero attached hydrogens (tertiary/aromatic N) is 3. The van der Waals surface area contributed by atoms with Crippen molar-refractivity contribution in [1.29, 1.82) is 0 Å². The van der Waals surface area contributed by atoms with Gasteiger partial charge in [-0.25, -0.2) is 4.98 Å². The molecule has 1 N–H and O–H groups in total. The van der Waals surface area contributed by atoms with Gasteiger partial charge in [-0.15, -0.1) is 0 Å². The minimum Gasteiger partial charge on any atom is -0.472 e. The minimum absolute atomic E-state index is 0.0416. The molecule has 1 unspecified atom stereocenters. The third-order valence-electron chi connectivity index (χ3n) is 4.38. The molecule has 0 spiro atoms. The molecule has 1 fully saturated rings. The van der Waals surface area contributed by atoms with E-state index in [0.717, 1.165) is 12.0 Å². The Bertz CT molecular complexity index is 1000. The number of rotatable bonds is 6. The summed E-state index contributed by atoms with van der Waals surface area (Å²) in [6, 6.07) is 12.9. The van der Waals surface area contributed by atoms with E-state index in [1.807, 2.05) is 30.3 Å². The van der Waals surface area contributed by atoms with E-state index in [1.54, 1.807) is 24.5 Å². The first-order valence-electron chi connectivity index (χ1n) is 8.97. The molecule has 4 rings (SSSR count). The number of aromatic nitrogens is 3. The molecule has 0 saturated carbocycles. The highest BCUT2D eigenvalue weighted by molar-refractivity contribution is 6.32. The van der Waals surface area contributed by atoms with Gasteiger partial charge in [0.25, 0.3) is 5.56 Å². The van der Waals surface area contributed by atoms with Crippen molar-refractivity contribution in [2.24, 2.45) is 0 Å². The second-order valence-electron chi connectivity index (χ2n) is 6.38. The summed E-state index contributed by atoms with van der Waals surface area (Å²) in [6.07, 6.45) is 4.14. The predicted molar refractivity (Wildman–Crippen MR) is 106 cm³/mol. The van der Waals surface area contributed by atoms with Gasteiger partial charge in [0, 0.05) is 25.2 Å². The summed E-state index contributed by atoms with van der Waals surface area (Å²) in [6.45, 7) is 1.76. The number of anilines is 1. The first kappa shape index (κ1) is 18.5. The van der Waals surface area contributed by atoms with Crippen LogP contribution < -0.4 is 15.6 Å². The van der Waals surface area contributed by atoms with E-state index in [2.05, 4.69) is 15.4 Å². The lowest BCUT2D eigenvalue weighted by atomic mass is 10.2. The maximum absolute atomic E-state index is 12.5. The van der Waals surface area contributed by atoms with E-state index < -0.39 is 0 Å². The number of hydrogen-bond acceptors (Lipinski definition) is 6. The zero-order valence-corrected chi connectivity index (χ0v) is 15.8. The average Bonchev–Trinajstić information content (AvgIpc) is 3.23. The lowest BCUT2D eigenvalue weighted by Gasteiger charge is -2.13. The van der Waals surface area contributed by atoms with Gasteiger partial charge in [-0.3, -0.25) is 4.79 Å². The van der Waals surface area contributed by atoms with E-state index in [1.165, 1.54) is 4.68 Å². The summed E-state index contributed by atoms with van der Waals surface area (Å²) < 4.78 is 12.4. The summed E-state index contributed by atoms with van der Waals surface area (Å²) in [5, 5.41) is 7.46. The van der Waals surface area contributed by atoms with Crippen LogP contribution in [0.4, 0.5) is 5.69 Å². The van der Waals surface area contributed by atoms with E-state index in [9.17, 15) is 4.79 Å². The molecule has 28 heavy (non-hydrogen) atoms. The van der Waals surface area contributed by atoms with E-state index in [4.69, 9.17) is 21.1 Å². The van der Waals surface area contributed by atoms with Gasteiger partial charge in [0.05, 0.1) is 30.8 Å². The molecule has 3 aromatic rings. The maximum Gasteiger partial charge on any atom is 0.292 e. The van der Waals surface area contributed by atoms with Crippen LogP contribution in [0, 0.1) is 0 Å². The van der Waals surface area contributed by atoms with E-state index in [-0.39, 0.29) is 16.7 Å². The molecule has 7 nitrogen and oxygen atoms in total. The fourth-order valence-corrected chi connectivity index (χ4v) is 3.10. The fourth-order valence-electron chi connectivity index (χ4n) is 2.91. The molecule has 1 saturated heterocycles.